The molecule has 0 aromatic heterocycles. The number of ether oxygens (including phenoxy) is 4. The van der Waals surface area contributed by atoms with Crippen LogP contribution in [0.4, 0.5) is 0 Å². The molecule has 2 N–H and O–H groups in total. The summed E-state index contributed by atoms with van der Waals surface area (Å²) in [4.78, 5) is 25.2. The molecule has 30 heavy (non-hydrogen) atoms. The van der Waals surface area contributed by atoms with E-state index in [0.29, 0.717) is 39.6 Å². The first kappa shape index (κ1) is 23.3. The van der Waals surface area contributed by atoms with E-state index in [-0.39, 0.29) is 5.56 Å². The van der Waals surface area contributed by atoms with Gasteiger partial charge in [-0.15, -0.1) is 0 Å². The first-order valence-electron chi connectivity index (χ1n) is 9.28. The van der Waals surface area contributed by atoms with Crippen molar-refractivity contribution >= 4 is 27.7 Å². The van der Waals surface area contributed by atoms with Crippen LogP contribution in [0.2, 0.25) is 0 Å². The molecule has 162 valence electrons. The third kappa shape index (κ3) is 5.79. The Balaban J connectivity index is 2.15. The molecule has 0 saturated heterocycles. The summed E-state index contributed by atoms with van der Waals surface area (Å²) in [5, 5.41) is 0. The van der Waals surface area contributed by atoms with Gasteiger partial charge in [0.05, 0.1) is 33.5 Å². The second-order valence-electron chi connectivity index (χ2n) is 6.16. The van der Waals surface area contributed by atoms with E-state index in [1.807, 2.05) is 0 Å². The number of carbonyl (C=O) groups is 2. The Morgan fingerprint density at radius 3 is 2.10 bits per heavy atom. The lowest BCUT2D eigenvalue weighted by Crippen LogP contribution is -2.41. The monoisotopic (exact) mass is 480 g/mol. The summed E-state index contributed by atoms with van der Waals surface area (Å²) in [7, 11) is 4.38. The van der Waals surface area contributed by atoms with E-state index in [1.165, 1.54) is 33.5 Å². The number of rotatable bonds is 9. The Labute approximate surface area is 183 Å². The summed E-state index contributed by atoms with van der Waals surface area (Å²) in [5.74, 6) is 0.392. The van der Waals surface area contributed by atoms with Gasteiger partial charge in [-0.05, 0) is 36.8 Å². The lowest BCUT2D eigenvalue weighted by Gasteiger charge is -2.15. The van der Waals surface area contributed by atoms with Crippen molar-refractivity contribution in [3.63, 3.8) is 0 Å². The van der Waals surface area contributed by atoms with Gasteiger partial charge in [0.15, 0.2) is 11.5 Å². The molecule has 0 unspecified atom stereocenters. The van der Waals surface area contributed by atoms with Gasteiger partial charge in [-0.25, -0.2) is 0 Å². The molecule has 0 aliphatic heterocycles. The molecule has 0 fully saturated rings. The van der Waals surface area contributed by atoms with Crippen LogP contribution in [0, 0.1) is 0 Å². The zero-order valence-corrected chi connectivity index (χ0v) is 18.9. The summed E-state index contributed by atoms with van der Waals surface area (Å²) >= 11 is 3.35. The predicted octanol–water partition coefficient (Wildman–Crippen LogP) is 3.73. The van der Waals surface area contributed by atoms with E-state index in [2.05, 4.69) is 33.7 Å². The van der Waals surface area contributed by atoms with E-state index in [1.54, 1.807) is 18.2 Å². The zero-order chi connectivity index (χ0) is 22.1. The predicted molar refractivity (Wildman–Crippen MR) is 116 cm³/mol. The minimum Gasteiger partial charge on any atom is -0.493 e. The van der Waals surface area contributed by atoms with Crippen molar-refractivity contribution in [1.82, 2.24) is 10.9 Å². The van der Waals surface area contributed by atoms with Crippen molar-refractivity contribution in [1.29, 1.82) is 0 Å². The second-order valence-corrected chi connectivity index (χ2v) is 7.08. The van der Waals surface area contributed by atoms with Crippen LogP contribution in [0.1, 0.15) is 40.5 Å². The number of methoxy groups -OCH3 is 3. The smallest absolute Gasteiger partial charge is 0.273 e. The van der Waals surface area contributed by atoms with Gasteiger partial charge in [-0.3, -0.25) is 20.4 Å². The molecule has 8 nitrogen and oxygen atoms in total. The molecule has 0 aliphatic rings. The van der Waals surface area contributed by atoms with Crippen LogP contribution in [0.5, 0.6) is 23.0 Å². The number of carbonyl (C=O) groups excluding carboxylic acids is 2. The molecule has 0 aliphatic carbocycles. The molecule has 2 aromatic rings. The summed E-state index contributed by atoms with van der Waals surface area (Å²) in [6.45, 7) is 2.55. The Kier molecular flexibility index (Phi) is 8.79. The SMILES string of the molecule is CCCCOc1ccc(Br)cc1C(=O)NNC(=O)c1cc(OC)c(OC)c(OC)c1. The lowest BCUT2D eigenvalue weighted by atomic mass is 10.1. The summed E-state index contributed by atoms with van der Waals surface area (Å²) in [6, 6.07) is 8.09. The zero-order valence-electron chi connectivity index (χ0n) is 17.3. The van der Waals surface area contributed by atoms with Crippen LogP contribution in [-0.2, 0) is 0 Å². The molecule has 0 heterocycles. The summed E-state index contributed by atoms with van der Waals surface area (Å²) in [6.07, 6.45) is 1.85. The first-order valence-corrected chi connectivity index (χ1v) is 10.1. The van der Waals surface area contributed by atoms with Gasteiger partial charge >= 0.3 is 0 Å². The summed E-state index contributed by atoms with van der Waals surface area (Å²) < 4.78 is 22.1. The molecule has 9 heteroatoms. The average Bonchev–Trinajstić information content (AvgIpc) is 2.77. The number of hydrogen-bond acceptors (Lipinski definition) is 6. The highest BCUT2D eigenvalue weighted by atomic mass is 79.9. The van der Waals surface area contributed by atoms with Crippen molar-refractivity contribution in [3.05, 3.63) is 45.9 Å². The van der Waals surface area contributed by atoms with Crippen molar-refractivity contribution in [3.8, 4) is 23.0 Å². The Morgan fingerprint density at radius 2 is 1.53 bits per heavy atom. The number of hydrogen-bond donors (Lipinski definition) is 2. The van der Waals surface area contributed by atoms with Crippen LogP contribution >= 0.6 is 15.9 Å². The highest BCUT2D eigenvalue weighted by Gasteiger charge is 2.19. The third-order valence-electron chi connectivity index (χ3n) is 4.16. The normalized spacial score (nSPS) is 10.2. The van der Waals surface area contributed by atoms with Gasteiger partial charge in [0, 0.05) is 10.0 Å². The van der Waals surface area contributed by atoms with Gasteiger partial charge in [-0.1, -0.05) is 29.3 Å². The number of benzene rings is 2. The standard InChI is InChI=1S/C21H25BrN2O6/c1-5-6-9-30-16-8-7-14(22)12-15(16)21(26)24-23-20(25)13-10-17(27-2)19(29-4)18(11-13)28-3/h7-8,10-12H,5-6,9H2,1-4H3,(H,23,25)(H,24,26). The minimum absolute atomic E-state index is 0.221. The van der Waals surface area contributed by atoms with Crippen molar-refractivity contribution in [2.75, 3.05) is 27.9 Å². The van der Waals surface area contributed by atoms with Crippen LogP contribution in [-0.4, -0.2) is 39.8 Å². The fraction of sp³-hybridized carbons (Fsp3) is 0.333. The molecular weight excluding hydrogens is 456 g/mol. The topological polar surface area (TPSA) is 95.1 Å². The quantitative estimate of drug-likeness (QED) is 0.419. The molecule has 0 atom stereocenters. The number of nitrogens with one attached hydrogen (secondary N) is 2. The molecule has 0 radical (unpaired) electrons. The Morgan fingerprint density at radius 1 is 0.900 bits per heavy atom. The molecule has 2 aromatic carbocycles. The van der Waals surface area contributed by atoms with Crippen LogP contribution in [0.15, 0.2) is 34.8 Å². The molecule has 0 spiro atoms. The van der Waals surface area contributed by atoms with Gasteiger partial charge in [0.2, 0.25) is 5.75 Å². The van der Waals surface area contributed by atoms with Crippen LogP contribution in [0.3, 0.4) is 0 Å². The number of unbranched alkanes of at least 4 members (excludes halogenated alkanes) is 1. The van der Waals surface area contributed by atoms with E-state index < -0.39 is 11.8 Å². The minimum atomic E-state index is -0.550. The third-order valence-corrected chi connectivity index (χ3v) is 4.65. The number of hydrazine groups is 1. The van der Waals surface area contributed by atoms with Crippen molar-refractivity contribution in [2.24, 2.45) is 0 Å². The van der Waals surface area contributed by atoms with Crippen molar-refractivity contribution < 1.29 is 28.5 Å². The fourth-order valence-corrected chi connectivity index (χ4v) is 2.96. The van der Waals surface area contributed by atoms with E-state index in [0.717, 1.165) is 12.8 Å². The van der Waals surface area contributed by atoms with Gasteiger partial charge in [0.25, 0.3) is 11.8 Å². The van der Waals surface area contributed by atoms with E-state index >= 15 is 0 Å². The van der Waals surface area contributed by atoms with E-state index in [9.17, 15) is 9.59 Å². The molecular formula is C21H25BrN2O6. The van der Waals surface area contributed by atoms with Crippen LogP contribution in [0.25, 0.3) is 0 Å². The fourth-order valence-electron chi connectivity index (χ4n) is 2.60. The maximum Gasteiger partial charge on any atom is 0.273 e. The largest absolute Gasteiger partial charge is 0.493 e. The highest BCUT2D eigenvalue weighted by molar-refractivity contribution is 9.10. The molecule has 0 saturated carbocycles. The molecule has 0 bridgehead atoms. The Bertz CT molecular complexity index is 878. The van der Waals surface area contributed by atoms with Gasteiger partial charge < -0.3 is 18.9 Å². The number of amides is 2. The Hall–Kier alpha value is -2.94. The summed E-state index contributed by atoms with van der Waals surface area (Å²) in [5.41, 5.74) is 5.31. The lowest BCUT2D eigenvalue weighted by molar-refractivity contribution is 0.0844. The average molecular weight is 481 g/mol. The van der Waals surface area contributed by atoms with E-state index in [4.69, 9.17) is 18.9 Å². The van der Waals surface area contributed by atoms with Gasteiger partial charge in [-0.2, -0.15) is 0 Å². The van der Waals surface area contributed by atoms with Crippen molar-refractivity contribution in [2.45, 2.75) is 19.8 Å². The highest BCUT2D eigenvalue weighted by Crippen LogP contribution is 2.38. The maximum atomic E-state index is 12.6. The number of halogens is 1. The second kappa shape index (κ2) is 11.3. The van der Waals surface area contributed by atoms with Crippen LogP contribution < -0.4 is 29.8 Å². The van der Waals surface area contributed by atoms with Gasteiger partial charge in [0.1, 0.15) is 5.75 Å². The maximum absolute atomic E-state index is 12.6. The molecule has 2 rings (SSSR count). The first-order chi connectivity index (χ1) is 14.4. The molecule has 2 amide bonds.